The molecule has 1 aromatic rings. The molecule has 1 atom stereocenters. The second kappa shape index (κ2) is 2.58. The first-order chi connectivity index (χ1) is 6.43. The zero-order valence-electron chi connectivity index (χ0n) is 7.08. The molecular formula is C10H10N2O. The van der Waals surface area contributed by atoms with Crippen LogP contribution in [0, 0.1) is 0 Å². The van der Waals surface area contributed by atoms with Gasteiger partial charge in [0.05, 0.1) is 0 Å². The average Bonchev–Trinajstić information content (AvgIpc) is 2.84. The number of hydrogen-bond acceptors (Lipinski definition) is 3. The average molecular weight is 174 g/mol. The van der Waals surface area contributed by atoms with Crippen molar-refractivity contribution in [1.82, 2.24) is 11.0 Å². The molecule has 2 N–H and O–H groups in total. The summed E-state index contributed by atoms with van der Waals surface area (Å²) in [4.78, 5) is 5.32. The van der Waals surface area contributed by atoms with Crippen LogP contribution in [0.15, 0.2) is 29.8 Å². The van der Waals surface area contributed by atoms with Crippen molar-refractivity contribution in [2.45, 2.75) is 12.5 Å². The number of benzene rings is 1. The van der Waals surface area contributed by atoms with Gasteiger partial charge in [0.15, 0.2) is 5.75 Å². The van der Waals surface area contributed by atoms with Gasteiger partial charge in [-0.15, -0.1) is 0 Å². The van der Waals surface area contributed by atoms with E-state index in [1.54, 1.807) is 0 Å². The van der Waals surface area contributed by atoms with Crippen LogP contribution in [0.3, 0.4) is 0 Å². The third kappa shape index (κ3) is 1.22. The fourth-order valence-electron chi connectivity index (χ4n) is 1.53. The smallest absolute Gasteiger partial charge is 0.156 e. The molecule has 0 amide bonds. The van der Waals surface area contributed by atoms with Crippen molar-refractivity contribution >= 4 is 6.08 Å². The van der Waals surface area contributed by atoms with Crippen LogP contribution in [0.5, 0.6) is 5.75 Å². The minimum Gasteiger partial charge on any atom is -0.393 e. The maximum Gasteiger partial charge on any atom is 0.156 e. The molecule has 2 aliphatic rings. The summed E-state index contributed by atoms with van der Waals surface area (Å²) in [6, 6.07) is 8.46. The van der Waals surface area contributed by atoms with Crippen LogP contribution >= 0.6 is 0 Å². The zero-order valence-corrected chi connectivity index (χ0v) is 7.08. The summed E-state index contributed by atoms with van der Waals surface area (Å²) in [5.41, 5.74) is 8.38. The maximum atomic E-state index is 5.32. The molecule has 1 saturated carbocycles. The highest BCUT2D eigenvalue weighted by atomic mass is 16.7. The molecule has 1 unspecified atom stereocenters. The van der Waals surface area contributed by atoms with Crippen molar-refractivity contribution in [3.05, 3.63) is 35.4 Å². The largest absolute Gasteiger partial charge is 0.393 e. The van der Waals surface area contributed by atoms with Gasteiger partial charge in [-0.05, 0) is 18.1 Å². The summed E-state index contributed by atoms with van der Waals surface area (Å²) < 4.78 is 0. The van der Waals surface area contributed by atoms with E-state index in [0.29, 0.717) is 6.04 Å². The van der Waals surface area contributed by atoms with E-state index in [9.17, 15) is 0 Å². The quantitative estimate of drug-likeness (QED) is 0.621. The molecular weight excluding hydrogens is 164 g/mol. The fraction of sp³-hybridized carbons (Fsp3) is 0.200. The number of nitrogens with one attached hydrogen (secondary N) is 2. The Kier molecular flexibility index (Phi) is 1.41. The summed E-state index contributed by atoms with van der Waals surface area (Å²) in [5, 5.41) is 0. The Balaban J connectivity index is 2.07. The minimum atomic E-state index is 0.466. The van der Waals surface area contributed by atoms with E-state index in [1.165, 1.54) is 5.57 Å². The van der Waals surface area contributed by atoms with E-state index in [-0.39, 0.29) is 0 Å². The number of rotatable bonds is 0. The van der Waals surface area contributed by atoms with Crippen molar-refractivity contribution in [3.8, 4) is 5.75 Å². The molecule has 0 spiro atoms. The summed E-state index contributed by atoms with van der Waals surface area (Å²) in [6.07, 6.45) is 3.30. The summed E-state index contributed by atoms with van der Waals surface area (Å²) >= 11 is 0. The number of fused-ring (bicyclic) bond motifs is 2. The highest BCUT2D eigenvalue weighted by Crippen LogP contribution is 2.34. The highest BCUT2D eigenvalue weighted by molar-refractivity contribution is 5.64. The zero-order chi connectivity index (χ0) is 8.67. The lowest BCUT2D eigenvalue weighted by molar-refractivity contribution is 0.147. The van der Waals surface area contributed by atoms with E-state index in [1.807, 2.05) is 18.2 Å². The van der Waals surface area contributed by atoms with Gasteiger partial charge in [0.2, 0.25) is 0 Å². The Morgan fingerprint density at radius 2 is 2.23 bits per heavy atom. The lowest BCUT2D eigenvalue weighted by atomic mass is 10.2. The Bertz CT molecular complexity index is 373. The second-order valence-electron chi connectivity index (χ2n) is 3.36. The minimum absolute atomic E-state index is 0.466. The summed E-state index contributed by atoms with van der Waals surface area (Å²) in [7, 11) is 0. The number of para-hydroxylation sites is 1. The molecule has 0 bridgehead atoms. The van der Waals surface area contributed by atoms with E-state index in [0.717, 1.165) is 17.7 Å². The van der Waals surface area contributed by atoms with Crippen LogP contribution in [-0.2, 0) is 0 Å². The van der Waals surface area contributed by atoms with Crippen molar-refractivity contribution < 1.29 is 4.84 Å². The molecule has 1 heterocycles. The Hall–Kier alpha value is -1.32. The Labute approximate surface area is 76.3 Å². The first kappa shape index (κ1) is 7.12. The molecule has 0 radical (unpaired) electrons. The molecule has 1 aliphatic heterocycles. The van der Waals surface area contributed by atoms with Crippen LogP contribution in [0.2, 0.25) is 0 Å². The van der Waals surface area contributed by atoms with E-state index >= 15 is 0 Å². The second-order valence-corrected chi connectivity index (χ2v) is 3.36. The van der Waals surface area contributed by atoms with Crippen molar-refractivity contribution in [1.29, 1.82) is 0 Å². The summed E-state index contributed by atoms with van der Waals surface area (Å²) in [5.74, 6) is 0.868. The molecule has 3 nitrogen and oxygen atoms in total. The van der Waals surface area contributed by atoms with Gasteiger partial charge in [0.25, 0.3) is 0 Å². The molecule has 1 aliphatic carbocycles. The number of hydrazine groups is 1. The number of hydrogen-bond donors (Lipinski definition) is 2. The fourth-order valence-corrected chi connectivity index (χ4v) is 1.53. The van der Waals surface area contributed by atoms with Gasteiger partial charge in [-0.1, -0.05) is 29.9 Å². The van der Waals surface area contributed by atoms with Gasteiger partial charge >= 0.3 is 0 Å². The highest BCUT2D eigenvalue weighted by Gasteiger charge is 2.30. The third-order valence-corrected chi connectivity index (χ3v) is 2.38. The van der Waals surface area contributed by atoms with E-state index in [4.69, 9.17) is 4.84 Å². The van der Waals surface area contributed by atoms with Gasteiger partial charge in [0.1, 0.15) is 0 Å². The van der Waals surface area contributed by atoms with Gasteiger partial charge in [-0.3, -0.25) is 0 Å². The van der Waals surface area contributed by atoms with Crippen molar-refractivity contribution in [3.63, 3.8) is 0 Å². The van der Waals surface area contributed by atoms with Crippen molar-refractivity contribution in [2.75, 3.05) is 0 Å². The Morgan fingerprint density at radius 3 is 3.23 bits per heavy atom. The molecule has 3 heteroatoms. The van der Waals surface area contributed by atoms with Gasteiger partial charge in [-0.2, -0.15) is 0 Å². The summed E-state index contributed by atoms with van der Waals surface area (Å²) in [6.45, 7) is 0. The topological polar surface area (TPSA) is 33.3 Å². The predicted octanol–water partition coefficient (Wildman–Crippen LogP) is 1.24. The van der Waals surface area contributed by atoms with Crippen molar-refractivity contribution in [2.24, 2.45) is 0 Å². The third-order valence-electron chi connectivity index (χ3n) is 2.38. The van der Waals surface area contributed by atoms with Gasteiger partial charge in [-0.25, -0.2) is 5.43 Å². The first-order valence-corrected chi connectivity index (χ1v) is 4.40. The Morgan fingerprint density at radius 1 is 1.31 bits per heavy atom. The van der Waals surface area contributed by atoms with Crippen LogP contribution in [-0.4, -0.2) is 6.04 Å². The maximum absolute atomic E-state index is 5.32. The molecule has 1 aromatic carbocycles. The molecule has 13 heavy (non-hydrogen) atoms. The predicted molar refractivity (Wildman–Crippen MR) is 49.7 cm³/mol. The standard InChI is InChI=1S/C10H10N2O/c1-2-4-10-7(3-1)5-8-6-9(8)11-12-13-10/h1-5,9,11-12H,6H2. The molecule has 3 rings (SSSR count). The van der Waals surface area contributed by atoms with Crippen LogP contribution in [0.25, 0.3) is 6.08 Å². The molecule has 66 valence electrons. The lowest BCUT2D eigenvalue weighted by Gasteiger charge is -2.11. The normalized spacial score (nSPS) is 24.3. The van der Waals surface area contributed by atoms with Crippen LogP contribution < -0.4 is 15.9 Å². The van der Waals surface area contributed by atoms with Gasteiger partial charge < -0.3 is 4.84 Å². The first-order valence-electron chi connectivity index (χ1n) is 4.40. The van der Waals surface area contributed by atoms with E-state index in [2.05, 4.69) is 23.2 Å². The molecule has 0 saturated heterocycles. The SMILES string of the molecule is C1=C2CC2NNOc2ccccc21. The van der Waals surface area contributed by atoms with E-state index < -0.39 is 0 Å². The van der Waals surface area contributed by atoms with Crippen LogP contribution in [0.4, 0.5) is 0 Å². The lowest BCUT2D eigenvalue weighted by Crippen LogP contribution is -2.37. The monoisotopic (exact) mass is 174 g/mol. The molecule has 1 fully saturated rings. The molecule has 0 aromatic heterocycles. The van der Waals surface area contributed by atoms with Gasteiger partial charge in [0, 0.05) is 11.6 Å². The van der Waals surface area contributed by atoms with Crippen LogP contribution in [0.1, 0.15) is 12.0 Å².